The Balaban J connectivity index is 2.92. The topological polar surface area (TPSA) is 18.5 Å². The van der Waals surface area contributed by atoms with Crippen LogP contribution < -0.4 is 9.47 Å². The molecular formula is C11H12Cl2O2. The predicted octanol–water partition coefficient (Wildman–Crippen LogP) is 3.56. The molecule has 4 heteroatoms. The molecule has 15 heavy (non-hydrogen) atoms. The fourth-order valence-corrected chi connectivity index (χ4v) is 1.39. The molecule has 82 valence electrons. The Morgan fingerprint density at radius 3 is 2.67 bits per heavy atom. The van der Waals surface area contributed by atoms with Gasteiger partial charge in [0.2, 0.25) is 5.02 Å². The summed E-state index contributed by atoms with van der Waals surface area (Å²) in [7, 11) is 1.57. The Bertz CT molecular complexity index is 337. The lowest BCUT2D eigenvalue weighted by Crippen LogP contribution is -2.01. The van der Waals surface area contributed by atoms with Crippen LogP contribution in [0.2, 0.25) is 0 Å². The second-order valence-corrected chi connectivity index (χ2v) is 3.87. The van der Waals surface area contributed by atoms with Gasteiger partial charge in [-0.2, -0.15) is 0 Å². The molecule has 0 aliphatic carbocycles. The van der Waals surface area contributed by atoms with Gasteiger partial charge in [0.15, 0.2) is 11.5 Å². The molecule has 0 aliphatic rings. The van der Waals surface area contributed by atoms with Crippen LogP contribution in [0.5, 0.6) is 11.5 Å². The summed E-state index contributed by atoms with van der Waals surface area (Å²) in [4.78, 5) is 0. The van der Waals surface area contributed by atoms with Gasteiger partial charge in [0.25, 0.3) is 0 Å². The first kappa shape index (κ1) is 12.2. The minimum Gasteiger partial charge on any atom is -0.493 e. The third-order valence-electron chi connectivity index (χ3n) is 1.82. The van der Waals surface area contributed by atoms with Crippen LogP contribution in [-0.2, 0) is 6.42 Å². The molecule has 0 aromatic heterocycles. The number of hydrogen-bond donors (Lipinski definition) is 0. The number of benzene rings is 1. The summed E-state index contributed by atoms with van der Waals surface area (Å²) >= 11 is 11.0. The van der Waals surface area contributed by atoms with Crippen LogP contribution in [-0.4, -0.2) is 12.1 Å². The number of alkyl halides is 2. The third-order valence-corrected chi connectivity index (χ3v) is 2.00. The number of rotatable bonds is 5. The van der Waals surface area contributed by atoms with Gasteiger partial charge in [-0.05, 0) is 24.1 Å². The monoisotopic (exact) mass is 246 g/mol. The van der Waals surface area contributed by atoms with Crippen LogP contribution in [0.25, 0.3) is 0 Å². The molecule has 0 unspecified atom stereocenters. The van der Waals surface area contributed by atoms with Crippen molar-refractivity contribution >= 4 is 23.2 Å². The highest BCUT2D eigenvalue weighted by Crippen LogP contribution is 2.30. The predicted molar refractivity (Wildman–Crippen MR) is 63.0 cm³/mol. The number of ether oxygens (including phenoxy) is 2. The van der Waals surface area contributed by atoms with E-state index >= 15 is 0 Å². The van der Waals surface area contributed by atoms with Crippen molar-refractivity contribution in [2.75, 3.05) is 7.11 Å². The smallest absolute Gasteiger partial charge is 0.248 e. The van der Waals surface area contributed by atoms with Crippen LogP contribution in [0, 0.1) is 0 Å². The van der Waals surface area contributed by atoms with Crippen molar-refractivity contribution in [3.8, 4) is 11.5 Å². The summed E-state index contributed by atoms with van der Waals surface area (Å²) < 4.78 is 10.3. The lowest BCUT2D eigenvalue weighted by Gasteiger charge is -2.11. The summed E-state index contributed by atoms with van der Waals surface area (Å²) in [6.45, 7) is 3.67. The standard InChI is InChI=1S/C11H12Cl2O2/c1-3-4-8-5-6-9(15-11(12)13)10(7-8)14-2/h3,5-7,11H,1,4H2,2H3. The lowest BCUT2D eigenvalue weighted by molar-refractivity contribution is 0.320. The van der Waals surface area contributed by atoms with E-state index < -0.39 is 5.02 Å². The van der Waals surface area contributed by atoms with E-state index in [0.29, 0.717) is 11.5 Å². The molecule has 0 spiro atoms. The minimum absolute atomic E-state index is 0.528. The first-order valence-corrected chi connectivity index (χ1v) is 5.27. The second kappa shape index (κ2) is 5.89. The van der Waals surface area contributed by atoms with Crippen LogP contribution in [0.15, 0.2) is 30.9 Å². The fourth-order valence-electron chi connectivity index (χ4n) is 1.20. The molecule has 1 aromatic carbocycles. The first-order chi connectivity index (χ1) is 7.17. The zero-order chi connectivity index (χ0) is 11.3. The van der Waals surface area contributed by atoms with Crippen LogP contribution >= 0.6 is 23.2 Å². The molecule has 0 N–H and O–H groups in total. The highest BCUT2D eigenvalue weighted by molar-refractivity contribution is 6.43. The molecule has 0 heterocycles. The summed E-state index contributed by atoms with van der Waals surface area (Å²) in [5, 5.41) is -0.899. The van der Waals surface area contributed by atoms with Crippen LogP contribution in [0.3, 0.4) is 0 Å². The average molecular weight is 247 g/mol. The SMILES string of the molecule is C=CCc1ccc(OC(Cl)Cl)c(OC)c1. The minimum atomic E-state index is -0.899. The molecular weight excluding hydrogens is 235 g/mol. The third kappa shape index (κ3) is 3.65. The molecule has 1 aromatic rings. The van der Waals surface area contributed by atoms with Gasteiger partial charge >= 0.3 is 0 Å². The van der Waals surface area contributed by atoms with Crippen LogP contribution in [0.1, 0.15) is 5.56 Å². The maximum atomic E-state index is 5.51. The maximum Gasteiger partial charge on any atom is 0.248 e. The van der Waals surface area contributed by atoms with Gasteiger partial charge in [-0.25, -0.2) is 0 Å². The van der Waals surface area contributed by atoms with Crippen molar-refractivity contribution in [3.63, 3.8) is 0 Å². The van der Waals surface area contributed by atoms with E-state index in [-0.39, 0.29) is 0 Å². The van der Waals surface area contributed by atoms with Crippen LogP contribution in [0.4, 0.5) is 0 Å². The van der Waals surface area contributed by atoms with Crippen molar-refractivity contribution in [2.24, 2.45) is 0 Å². The zero-order valence-electron chi connectivity index (χ0n) is 8.37. The molecule has 0 aliphatic heterocycles. The van der Waals surface area contributed by atoms with Gasteiger partial charge in [-0.3, -0.25) is 0 Å². The first-order valence-electron chi connectivity index (χ1n) is 4.40. The molecule has 0 atom stereocenters. The Labute approximate surface area is 99.4 Å². The summed E-state index contributed by atoms with van der Waals surface area (Å²) in [6.07, 6.45) is 2.60. The van der Waals surface area contributed by atoms with Gasteiger partial charge in [0, 0.05) is 0 Å². The molecule has 2 nitrogen and oxygen atoms in total. The summed E-state index contributed by atoms with van der Waals surface area (Å²) in [6, 6.07) is 5.55. The number of hydrogen-bond acceptors (Lipinski definition) is 2. The Kier molecular flexibility index (Phi) is 4.79. The van der Waals surface area contributed by atoms with E-state index in [0.717, 1.165) is 12.0 Å². The normalized spacial score (nSPS) is 10.1. The molecule has 0 amide bonds. The van der Waals surface area contributed by atoms with Crippen molar-refractivity contribution in [2.45, 2.75) is 11.4 Å². The van der Waals surface area contributed by atoms with Crippen molar-refractivity contribution in [3.05, 3.63) is 36.4 Å². The molecule has 0 radical (unpaired) electrons. The molecule has 0 bridgehead atoms. The Hall–Kier alpha value is -0.860. The molecule has 0 saturated carbocycles. The summed E-state index contributed by atoms with van der Waals surface area (Å²) in [5.74, 6) is 1.14. The fraction of sp³-hybridized carbons (Fsp3) is 0.273. The highest BCUT2D eigenvalue weighted by Gasteiger charge is 2.08. The maximum absolute atomic E-state index is 5.51. The highest BCUT2D eigenvalue weighted by atomic mass is 35.5. The Morgan fingerprint density at radius 2 is 2.13 bits per heavy atom. The largest absolute Gasteiger partial charge is 0.493 e. The van der Waals surface area contributed by atoms with E-state index in [4.69, 9.17) is 32.7 Å². The van der Waals surface area contributed by atoms with Gasteiger partial charge in [0.1, 0.15) is 0 Å². The van der Waals surface area contributed by atoms with Crippen molar-refractivity contribution in [1.82, 2.24) is 0 Å². The van der Waals surface area contributed by atoms with Gasteiger partial charge < -0.3 is 9.47 Å². The lowest BCUT2D eigenvalue weighted by atomic mass is 10.1. The van der Waals surface area contributed by atoms with E-state index in [9.17, 15) is 0 Å². The summed E-state index contributed by atoms with van der Waals surface area (Å²) in [5.41, 5.74) is 1.09. The quantitative estimate of drug-likeness (QED) is 0.585. The Morgan fingerprint density at radius 1 is 1.40 bits per heavy atom. The number of allylic oxidation sites excluding steroid dienone is 1. The van der Waals surface area contributed by atoms with E-state index in [1.165, 1.54) is 0 Å². The molecule has 1 rings (SSSR count). The number of methoxy groups -OCH3 is 1. The molecule has 0 saturated heterocycles. The zero-order valence-corrected chi connectivity index (χ0v) is 9.89. The van der Waals surface area contributed by atoms with E-state index in [2.05, 4.69) is 6.58 Å². The van der Waals surface area contributed by atoms with Crippen molar-refractivity contribution in [1.29, 1.82) is 0 Å². The number of halogens is 2. The van der Waals surface area contributed by atoms with Crippen molar-refractivity contribution < 1.29 is 9.47 Å². The molecule has 0 fully saturated rings. The van der Waals surface area contributed by atoms with E-state index in [1.807, 2.05) is 18.2 Å². The van der Waals surface area contributed by atoms with Gasteiger partial charge in [-0.15, -0.1) is 6.58 Å². The van der Waals surface area contributed by atoms with E-state index in [1.54, 1.807) is 13.2 Å². The second-order valence-electron chi connectivity index (χ2n) is 2.86. The van der Waals surface area contributed by atoms with Gasteiger partial charge in [0.05, 0.1) is 7.11 Å². The average Bonchev–Trinajstić information content (AvgIpc) is 2.20. The van der Waals surface area contributed by atoms with Gasteiger partial charge in [-0.1, -0.05) is 35.3 Å².